The van der Waals surface area contributed by atoms with Gasteiger partial charge < -0.3 is 15.8 Å². The Kier molecular flexibility index (Phi) is 2.59. The Morgan fingerprint density at radius 2 is 2.29 bits per heavy atom. The molecule has 0 bridgehead atoms. The normalized spacial score (nSPS) is 15.5. The van der Waals surface area contributed by atoms with Gasteiger partial charge in [-0.3, -0.25) is 0 Å². The highest BCUT2D eigenvalue weighted by Gasteiger charge is 2.20. The first-order valence-corrected chi connectivity index (χ1v) is 4.95. The summed E-state index contributed by atoms with van der Waals surface area (Å²) in [5.74, 6) is 0.817. The van der Waals surface area contributed by atoms with Crippen LogP contribution in [0.15, 0.2) is 18.2 Å². The molecule has 1 aliphatic carbocycles. The van der Waals surface area contributed by atoms with Crippen LogP contribution in [0.5, 0.6) is 5.75 Å². The third kappa shape index (κ3) is 2.17. The number of hydrogen-bond donors (Lipinski definition) is 2. The van der Waals surface area contributed by atoms with Crippen LogP contribution >= 0.6 is 0 Å². The maximum absolute atomic E-state index is 5.88. The highest BCUT2D eigenvalue weighted by atomic mass is 16.5. The van der Waals surface area contributed by atoms with Crippen LogP contribution in [-0.2, 0) is 6.54 Å². The summed E-state index contributed by atoms with van der Waals surface area (Å²) >= 11 is 0. The number of methoxy groups -OCH3 is 1. The van der Waals surface area contributed by atoms with Crippen molar-refractivity contribution in [2.45, 2.75) is 25.4 Å². The summed E-state index contributed by atoms with van der Waals surface area (Å²) in [7, 11) is 1.65. The molecule has 1 aromatic rings. The molecular weight excluding hydrogens is 176 g/mol. The number of nitrogen functional groups attached to an aromatic ring is 1. The lowest BCUT2D eigenvalue weighted by molar-refractivity contribution is 0.415. The summed E-state index contributed by atoms with van der Waals surface area (Å²) in [5.41, 5.74) is 7.84. The Labute approximate surface area is 84.3 Å². The van der Waals surface area contributed by atoms with Crippen molar-refractivity contribution in [3.63, 3.8) is 0 Å². The molecular formula is C11H16N2O. The Morgan fingerprint density at radius 1 is 1.50 bits per heavy atom. The van der Waals surface area contributed by atoms with Gasteiger partial charge in [-0.25, -0.2) is 0 Å². The van der Waals surface area contributed by atoms with Crippen LogP contribution in [0.3, 0.4) is 0 Å². The first-order valence-electron chi connectivity index (χ1n) is 4.95. The maximum Gasteiger partial charge on any atom is 0.120 e. The largest absolute Gasteiger partial charge is 0.497 e. The molecule has 3 N–H and O–H groups in total. The van der Waals surface area contributed by atoms with E-state index >= 15 is 0 Å². The van der Waals surface area contributed by atoms with Gasteiger partial charge in [-0.2, -0.15) is 0 Å². The Bertz CT molecular complexity index is 321. The van der Waals surface area contributed by atoms with Gasteiger partial charge in [-0.15, -0.1) is 0 Å². The number of rotatable bonds is 4. The van der Waals surface area contributed by atoms with Gasteiger partial charge >= 0.3 is 0 Å². The average molecular weight is 192 g/mol. The smallest absolute Gasteiger partial charge is 0.120 e. The molecule has 2 rings (SSSR count). The molecule has 3 nitrogen and oxygen atoms in total. The summed E-state index contributed by atoms with van der Waals surface area (Å²) < 4.78 is 5.09. The fourth-order valence-corrected chi connectivity index (χ4v) is 1.40. The van der Waals surface area contributed by atoms with E-state index in [9.17, 15) is 0 Å². The van der Waals surface area contributed by atoms with Crippen molar-refractivity contribution in [3.05, 3.63) is 23.8 Å². The third-order valence-corrected chi connectivity index (χ3v) is 2.51. The fourth-order valence-electron chi connectivity index (χ4n) is 1.40. The molecule has 0 aromatic heterocycles. The number of nitrogens with two attached hydrogens (primary N) is 1. The lowest BCUT2D eigenvalue weighted by Gasteiger charge is -2.08. The number of nitrogens with one attached hydrogen (secondary N) is 1. The molecule has 0 atom stereocenters. The predicted molar refractivity (Wildman–Crippen MR) is 57.3 cm³/mol. The fraction of sp³-hybridized carbons (Fsp3) is 0.455. The number of benzene rings is 1. The molecule has 0 saturated heterocycles. The zero-order valence-electron chi connectivity index (χ0n) is 8.42. The summed E-state index contributed by atoms with van der Waals surface area (Å²) in [6.45, 7) is 0.862. The number of hydrogen-bond acceptors (Lipinski definition) is 3. The number of ether oxygens (including phenoxy) is 1. The molecule has 0 radical (unpaired) electrons. The molecule has 1 fully saturated rings. The quantitative estimate of drug-likeness (QED) is 0.711. The van der Waals surface area contributed by atoms with Crippen molar-refractivity contribution < 1.29 is 4.74 Å². The van der Waals surface area contributed by atoms with Gasteiger partial charge in [0.15, 0.2) is 0 Å². The molecule has 0 aliphatic heterocycles. The van der Waals surface area contributed by atoms with Gasteiger partial charge in [0.2, 0.25) is 0 Å². The zero-order chi connectivity index (χ0) is 9.97. The van der Waals surface area contributed by atoms with Gasteiger partial charge in [0.1, 0.15) is 5.75 Å². The molecule has 1 saturated carbocycles. The summed E-state index contributed by atoms with van der Waals surface area (Å²) in [4.78, 5) is 0. The molecule has 76 valence electrons. The monoisotopic (exact) mass is 192 g/mol. The average Bonchev–Trinajstić information content (AvgIpc) is 2.99. The number of anilines is 1. The van der Waals surface area contributed by atoms with Crippen LogP contribution < -0.4 is 15.8 Å². The minimum atomic E-state index is 0.719. The summed E-state index contributed by atoms with van der Waals surface area (Å²) in [6.07, 6.45) is 2.60. The molecule has 14 heavy (non-hydrogen) atoms. The minimum Gasteiger partial charge on any atom is -0.497 e. The topological polar surface area (TPSA) is 47.3 Å². The zero-order valence-corrected chi connectivity index (χ0v) is 8.42. The van der Waals surface area contributed by atoms with E-state index in [2.05, 4.69) is 5.32 Å². The van der Waals surface area contributed by atoms with E-state index in [0.717, 1.165) is 29.6 Å². The van der Waals surface area contributed by atoms with Crippen molar-refractivity contribution in [1.82, 2.24) is 5.32 Å². The van der Waals surface area contributed by atoms with E-state index in [1.165, 1.54) is 12.8 Å². The second-order valence-corrected chi connectivity index (χ2v) is 3.72. The van der Waals surface area contributed by atoms with Crippen molar-refractivity contribution in [2.24, 2.45) is 0 Å². The van der Waals surface area contributed by atoms with Gasteiger partial charge in [0.25, 0.3) is 0 Å². The molecule has 0 unspecified atom stereocenters. The van der Waals surface area contributed by atoms with Gasteiger partial charge in [-0.1, -0.05) is 6.07 Å². The second kappa shape index (κ2) is 3.88. The Balaban J connectivity index is 2.01. The molecule has 3 heteroatoms. The Morgan fingerprint density at radius 3 is 2.86 bits per heavy atom. The van der Waals surface area contributed by atoms with E-state index in [1.807, 2.05) is 18.2 Å². The van der Waals surface area contributed by atoms with Crippen LogP contribution in [0.4, 0.5) is 5.69 Å². The van der Waals surface area contributed by atoms with Crippen molar-refractivity contribution >= 4 is 5.69 Å². The van der Waals surface area contributed by atoms with Crippen molar-refractivity contribution in [1.29, 1.82) is 0 Å². The first-order chi connectivity index (χ1) is 6.79. The standard InChI is InChI=1S/C11H16N2O/c1-14-10-5-2-8(11(12)6-10)7-13-9-3-4-9/h2,5-6,9,13H,3-4,7,12H2,1H3. The maximum atomic E-state index is 5.88. The van der Waals surface area contributed by atoms with E-state index in [-0.39, 0.29) is 0 Å². The predicted octanol–water partition coefficient (Wildman–Crippen LogP) is 1.53. The van der Waals surface area contributed by atoms with E-state index in [0.29, 0.717) is 0 Å². The van der Waals surface area contributed by atoms with Gasteiger partial charge in [-0.05, 0) is 24.5 Å². The van der Waals surface area contributed by atoms with Gasteiger partial charge in [0.05, 0.1) is 7.11 Å². The van der Waals surface area contributed by atoms with Crippen molar-refractivity contribution in [2.75, 3.05) is 12.8 Å². The molecule has 0 spiro atoms. The third-order valence-electron chi connectivity index (χ3n) is 2.51. The molecule has 0 amide bonds. The highest BCUT2D eigenvalue weighted by molar-refractivity contribution is 5.51. The molecule has 1 aliphatic rings. The minimum absolute atomic E-state index is 0.719. The van der Waals surface area contributed by atoms with Crippen LogP contribution in [0.25, 0.3) is 0 Å². The molecule has 0 heterocycles. The summed E-state index contributed by atoms with van der Waals surface area (Å²) in [5, 5.41) is 3.43. The SMILES string of the molecule is COc1ccc(CNC2CC2)c(N)c1. The van der Waals surface area contributed by atoms with Crippen LogP contribution in [-0.4, -0.2) is 13.2 Å². The van der Waals surface area contributed by atoms with Crippen LogP contribution in [0.1, 0.15) is 18.4 Å². The Hall–Kier alpha value is -1.22. The van der Waals surface area contributed by atoms with E-state index in [4.69, 9.17) is 10.5 Å². The van der Waals surface area contributed by atoms with Crippen LogP contribution in [0.2, 0.25) is 0 Å². The lowest BCUT2D eigenvalue weighted by atomic mass is 10.1. The van der Waals surface area contributed by atoms with E-state index < -0.39 is 0 Å². The molecule has 1 aromatic carbocycles. The first kappa shape index (κ1) is 9.34. The lowest BCUT2D eigenvalue weighted by Crippen LogP contribution is -2.16. The van der Waals surface area contributed by atoms with E-state index in [1.54, 1.807) is 7.11 Å². The van der Waals surface area contributed by atoms with Crippen molar-refractivity contribution in [3.8, 4) is 5.75 Å². The van der Waals surface area contributed by atoms with Crippen LogP contribution in [0, 0.1) is 0 Å². The second-order valence-electron chi connectivity index (χ2n) is 3.72. The van der Waals surface area contributed by atoms with Gasteiger partial charge in [0, 0.05) is 24.3 Å². The summed E-state index contributed by atoms with van der Waals surface area (Å²) in [6, 6.07) is 6.55. The highest BCUT2D eigenvalue weighted by Crippen LogP contribution is 2.22.